The zero-order chi connectivity index (χ0) is 22.8. The van der Waals surface area contributed by atoms with E-state index < -0.39 is 11.9 Å². The number of carbonyl (C=O) groups is 1. The summed E-state index contributed by atoms with van der Waals surface area (Å²) in [6, 6.07) is 18.7. The van der Waals surface area contributed by atoms with Gasteiger partial charge in [-0.3, -0.25) is 4.79 Å². The fourth-order valence-electron chi connectivity index (χ4n) is 4.07. The Hall–Kier alpha value is -4.00. The summed E-state index contributed by atoms with van der Waals surface area (Å²) in [6.07, 6.45) is 0. The Morgan fingerprint density at radius 3 is 2.47 bits per heavy atom. The van der Waals surface area contributed by atoms with Crippen LogP contribution >= 0.6 is 0 Å². The van der Waals surface area contributed by atoms with E-state index in [2.05, 4.69) is 0 Å². The van der Waals surface area contributed by atoms with E-state index >= 15 is 0 Å². The van der Waals surface area contributed by atoms with Gasteiger partial charge in [0, 0.05) is 17.3 Å². The second-order valence-electron chi connectivity index (χ2n) is 7.49. The molecular formula is C25H24N2O5. The number of hydrogen-bond acceptors (Lipinski definition) is 6. The fourth-order valence-corrected chi connectivity index (χ4v) is 4.07. The van der Waals surface area contributed by atoms with Crippen molar-refractivity contribution in [1.82, 2.24) is 4.57 Å². The highest BCUT2D eigenvalue weighted by Crippen LogP contribution is 2.44. The number of methoxy groups -OCH3 is 2. The Balaban J connectivity index is 1.98. The monoisotopic (exact) mass is 432 g/mol. The molecule has 0 bridgehead atoms. The molecule has 0 fully saturated rings. The molecule has 1 aliphatic rings. The SMILES string of the molecule is COC(=O)C1=C(N)Oc2cc(C)n(Cc3ccccc3)c(=O)c2C1c1ccccc1OC. The van der Waals surface area contributed by atoms with E-state index in [9.17, 15) is 9.59 Å². The summed E-state index contributed by atoms with van der Waals surface area (Å²) in [5.74, 6) is -0.733. The number of aromatic nitrogens is 1. The van der Waals surface area contributed by atoms with Gasteiger partial charge in [0.15, 0.2) is 0 Å². The number of pyridine rings is 1. The molecule has 4 rings (SSSR count). The van der Waals surface area contributed by atoms with Crippen LogP contribution < -0.4 is 20.8 Å². The summed E-state index contributed by atoms with van der Waals surface area (Å²) >= 11 is 0. The quantitative estimate of drug-likeness (QED) is 0.623. The number of rotatable bonds is 5. The summed E-state index contributed by atoms with van der Waals surface area (Å²) < 4.78 is 17.9. The molecule has 2 heterocycles. The summed E-state index contributed by atoms with van der Waals surface area (Å²) in [4.78, 5) is 26.5. The van der Waals surface area contributed by atoms with Gasteiger partial charge in [-0.2, -0.15) is 0 Å². The normalized spacial score (nSPS) is 15.0. The minimum atomic E-state index is -0.808. The number of fused-ring (bicyclic) bond motifs is 1. The highest BCUT2D eigenvalue weighted by atomic mass is 16.5. The first-order chi connectivity index (χ1) is 15.5. The molecule has 3 aromatic rings. The van der Waals surface area contributed by atoms with E-state index in [-0.39, 0.29) is 17.0 Å². The Labute approximate surface area is 185 Å². The van der Waals surface area contributed by atoms with E-state index in [0.717, 1.165) is 5.56 Å². The Morgan fingerprint density at radius 2 is 1.78 bits per heavy atom. The molecule has 2 aromatic carbocycles. The number of ether oxygens (including phenoxy) is 3. The third-order valence-corrected chi connectivity index (χ3v) is 5.61. The molecule has 0 spiro atoms. The van der Waals surface area contributed by atoms with Gasteiger partial charge in [0.25, 0.3) is 5.56 Å². The molecule has 0 saturated carbocycles. The van der Waals surface area contributed by atoms with Crippen LogP contribution in [0.3, 0.4) is 0 Å². The lowest BCUT2D eigenvalue weighted by Gasteiger charge is -2.29. The van der Waals surface area contributed by atoms with Gasteiger partial charge in [-0.05, 0) is 18.6 Å². The summed E-state index contributed by atoms with van der Waals surface area (Å²) in [7, 11) is 2.80. The van der Waals surface area contributed by atoms with Gasteiger partial charge in [0.1, 0.15) is 17.1 Å². The van der Waals surface area contributed by atoms with Crippen LogP contribution in [-0.4, -0.2) is 24.8 Å². The van der Waals surface area contributed by atoms with Crippen molar-refractivity contribution in [3.8, 4) is 11.5 Å². The van der Waals surface area contributed by atoms with Crippen molar-refractivity contribution in [2.24, 2.45) is 5.73 Å². The molecule has 0 saturated heterocycles. The van der Waals surface area contributed by atoms with Crippen LogP contribution in [-0.2, 0) is 16.1 Å². The fraction of sp³-hybridized carbons (Fsp3) is 0.200. The van der Waals surface area contributed by atoms with Crippen molar-refractivity contribution in [2.45, 2.75) is 19.4 Å². The molecule has 1 aliphatic heterocycles. The molecule has 1 atom stereocenters. The number of nitrogens with zero attached hydrogens (tertiary/aromatic N) is 1. The number of benzene rings is 2. The van der Waals surface area contributed by atoms with Gasteiger partial charge in [-0.1, -0.05) is 48.5 Å². The second kappa shape index (κ2) is 8.63. The maximum Gasteiger partial charge on any atom is 0.340 e. The molecule has 2 N–H and O–H groups in total. The van der Waals surface area contributed by atoms with Crippen molar-refractivity contribution in [1.29, 1.82) is 0 Å². The van der Waals surface area contributed by atoms with Gasteiger partial charge >= 0.3 is 5.97 Å². The number of esters is 1. The van der Waals surface area contributed by atoms with E-state index in [0.29, 0.717) is 34.9 Å². The predicted octanol–water partition coefficient (Wildman–Crippen LogP) is 3.08. The average Bonchev–Trinajstić information content (AvgIpc) is 2.81. The Kier molecular flexibility index (Phi) is 5.73. The van der Waals surface area contributed by atoms with Crippen molar-refractivity contribution in [3.63, 3.8) is 0 Å². The minimum absolute atomic E-state index is 0.0664. The van der Waals surface area contributed by atoms with Gasteiger partial charge in [-0.15, -0.1) is 0 Å². The number of aryl methyl sites for hydroxylation is 1. The molecule has 32 heavy (non-hydrogen) atoms. The highest BCUT2D eigenvalue weighted by molar-refractivity contribution is 5.92. The van der Waals surface area contributed by atoms with Gasteiger partial charge in [0.05, 0.1) is 32.2 Å². The molecule has 164 valence electrons. The van der Waals surface area contributed by atoms with Crippen molar-refractivity contribution >= 4 is 5.97 Å². The Bertz CT molecular complexity index is 1260. The van der Waals surface area contributed by atoms with E-state index in [4.69, 9.17) is 19.9 Å². The zero-order valence-corrected chi connectivity index (χ0v) is 18.1. The largest absolute Gasteiger partial charge is 0.496 e. The van der Waals surface area contributed by atoms with Crippen molar-refractivity contribution < 1.29 is 19.0 Å². The number of nitrogens with two attached hydrogens (primary N) is 1. The van der Waals surface area contributed by atoms with Gasteiger partial charge in [-0.25, -0.2) is 4.79 Å². The lowest BCUT2D eigenvalue weighted by Crippen LogP contribution is -2.35. The predicted molar refractivity (Wildman–Crippen MR) is 120 cm³/mol. The lowest BCUT2D eigenvalue weighted by molar-refractivity contribution is -0.136. The summed E-state index contributed by atoms with van der Waals surface area (Å²) in [5, 5.41) is 0. The maximum absolute atomic E-state index is 13.8. The van der Waals surface area contributed by atoms with Gasteiger partial charge < -0.3 is 24.5 Å². The molecule has 0 amide bonds. The smallest absolute Gasteiger partial charge is 0.340 e. The molecule has 1 aromatic heterocycles. The topological polar surface area (TPSA) is 92.8 Å². The summed E-state index contributed by atoms with van der Waals surface area (Å²) in [5.41, 5.74) is 8.58. The summed E-state index contributed by atoms with van der Waals surface area (Å²) in [6.45, 7) is 2.21. The first-order valence-corrected chi connectivity index (χ1v) is 10.1. The standard InChI is InChI=1S/C25H24N2O5/c1-15-13-19-21(24(28)27(15)14-16-9-5-4-6-10-16)20(17-11-7-8-12-18(17)30-2)22(23(26)32-19)25(29)31-3/h4-13,20H,14,26H2,1-3H3. The van der Waals surface area contributed by atoms with Crippen LogP contribution in [0.1, 0.15) is 28.3 Å². The van der Waals surface area contributed by atoms with Crippen LogP contribution in [0.5, 0.6) is 11.5 Å². The molecule has 1 unspecified atom stereocenters. The van der Waals surface area contributed by atoms with Crippen LogP contribution in [0.2, 0.25) is 0 Å². The number of hydrogen-bond donors (Lipinski definition) is 1. The first kappa shape index (κ1) is 21.2. The third kappa shape index (κ3) is 3.62. The molecular weight excluding hydrogens is 408 g/mol. The molecule has 7 heteroatoms. The van der Waals surface area contributed by atoms with Crippen LogP contribution in [0.25, 0.3) is 0 Å². The second-order valence-corrected chi connectivity index (χ2v) is 7.49. The lowest BCUT2D eigenvalue weighted by atomic mass is 9.83. The molecule has 7 nitrogen and oxygen atoms in total. The zero-order valence-electron chi connectivity index (χ0n) is 18.1. The van der Waals surface area contributed by atoms with E-state index in [1.54, 1.807) is 22.8 Å². The van der Waals surface area contributed by atoms with E-state index in [1.807, 2.05) is 49.4 Å². The first-order valence-electron chi connectivity index (χ1n) is 10.1. The van der Waals surface area contributed by atoms with Crippen LogP contribution in [0, 0.1) is 6.92 Å². The number of carbonyl (C=O) groups excluding carboxylic acids is 1. The minimum Gasteiger partial charge on any atom is -0.496 e. The third-order valence-electron chi connectivity index (χ3n) is 5.61. The van der Waals surface area contributed by atoms with Crippen molar-refractivity contribution in [3.05, 3.63) is 105 Å². The van der Waals surface area contributed by atoms with Crippen LogP contribution in [0.15, 0.2) is 76.9 Å². The molecule has 0 radical (unpaired) electrons. The van der Waals surface area contributed by atoms with Crippen LogP contribution in [0.4, 0.5) is 0 Å². The highest BCUT2D eigenvalue weighted by Gasteiger charge is 2.39. The number of para-hydroxylation sites is 1. The van der Waals surface area contributed by atoms with Gasteiger partial charge in [0.2, 0.25) is 5.88 Å². The average molecular weight is 432 g/mol. The molecule has 0 aliphatic carbocycles. The Morgan fingerprint density at radius 1 is 1.09 bits per heavy atom. The van der Waals surface area contributed by atoms with E-state index in [1.165, 1.54) is 14.2 Å². The maximum atomic E-state index is 13.8. The van der Waals surface area contributed by atoms with Crippen molar-refractivity contribution in [2.75, 3.05) is 14.2 Å².